The van der Waals surface area contributed by atoms with Crippen molar-refractivity contribution in [1.82, 2.24) is 14.1 Å². The Hall–Kier alpha value is -4.25. The number of imidazole rings is 1. The Balaban J connectivity index is 1.62. The molecule has 0 radical (unpaired) electrons. The lowest BCUT2D eigenvalue weighted by molar-refractivity contribution is -0.274. The Morgan fingerprint density at radius 1 is 1.11 bits per heavy atom. The van der Waals surface area contributed by atoms with E-state index < -0.39 is 23.7 Å². The van der Waals surface area contributed by atoms with Gasteiger partial charge in [0.15, 0.2) is 0 Å². The smallest absolute Gasteiger partial charge is 0.493 e. The Morgan fingerprint density at radius 2 is 1.78 bits per heavy atom. The van der Waals surface area contributed by atoms with E-state index in [2.05, 4.69) is 15.0 Å². The molecule has 2 heterocycles. The summed E-state index contributed by atoms with van der Waals surface area (Å²) < 4.78 is 43.3. The number of anilines is 1. The van der Waals surface area contributed by atoms with E-state index in [1.165, 1.54) is 36.0 Å². The van der Waals surface area contributed by atoms with E-state index in [0.29, 0.717) is 21.8 Å². The van der Waals surface area contributed by atoms with Crippen LogP contribution in [0.2, 0.25) is 5.02 Å². The number of ether oxygens (including phenoxy) is 1. The van der Waals surface area contributed by atoms with E-state index in [1.807, 2.05) is 0 Å². The van der Waals surface area contributed by atoms with Gasteiger partial charge in [0.05, 0.1) is 29.8 Å². The van der Waals surface area contributed by atoms with Crippen LogP contribution in [0.3, 0.4) is 0 Å². The predicted molar refractivity (Wildman–Crippen MR) is 126 cm³/mol. The van der Waals surface area contributed by atoms with Gasteiger partial charge < -0.3 is 15.2 Å². The highest BCUT2D eigenvalue weighted by Crippen LogP contribution is 2.26. The number of nitrogens with one attached hydrogen (secondary N) is 1. The fourth-order valence-corrected chi connectivity index (χ4v) is 3.62. The first-order valence-electron chi connectivity index (χ1n) is 10.4. The topological polar surface area (TPSA) is 98.4 Å². The maximum atomic E-state index is 13.2. The molecule has 0 unspecified atom stereocenters. The van der Waals surface area contributed by atoms with Crippen LogP contribution in [0.1, 0.15) is 21.6 Å². The van der Waals surface area contributed by atoms with Crippen molar-refractivity contribution in [2.75, 3.05) is 5.32 Å². The van der Waals surface area contributed by atoms with Gasteiger partial charge in [0, 0.05) is 16.8 Å². The van der Waals surface area contributed by atoms with Crippen molar-refractivity contribution in [3.05, 3.63) is 99.3 Å². The summed E-state index contributed by atoms with van der Waals surface area (Å²) >= 11 is 5.87. The number of carbonyl (C=O) groups excluding carboxylic acids is 1. The van der Waals surface area contributed by atoms with E-state index in [0.717, 1.165) is 16.7 Å². The number of pyridine rings is 1. The Kier molecular flexibility index (Phi) is 6.75. The van der Waals surface area contributed by atoms with Gasteiger partial charge in [0.1, 0.15) is 5.75 Å². The van der Waals surface area contributed by atoms with Gasteiger partial charge in [-0.25, -0.2) is 9.36 Å². The van der Waals surface area contributed by atoms with Gasteiger partial charge in [0.25, 0.3) is 5.91 Å². The van der Waals surface area contributed by atoms with Gasteiger partial charge in [-0.2, -0.15) is 0 Å². The summed E-state index contributed by atoms with van der Waals surface area (Å²) in [5.74, 6) is -1.26. The fourth-order valence-electron chi connectivity index (χ4n) is 3.49. The van der Waals surface area contributed by atoms with Crippen LogP contribution in [0, 0.1) is 6.92 Å². The molecule has 4 rings (SSSR count). The Bertz CT molecular complexity index is 1460. The van der Waals surface area contributed by atoms with E-state index >= 15 is 0 Å². The molecule has 0 saturated carbocycles. The molecule has 0 bridgehead atoms. The van der Waals surface area contributed by atoms with Crippen LogP contribution < -0.4 is 15.7 Å². The second-order valence-corrected chi connectivity index (χ2v) is 8.09. The normalized spacial score (nSPS) is 11.4. The number of aromatic nitrogens is 3. The van der Waals surface area contributed by atoms with Crippen LogP contribution >= 0.6 is 11.6 Å². The van der Waals surface area contributed by atoms with E-state index in [9.17, 15) is 27.9 Å². The lowest BCUT2D eigenvalue weighted by Gasteiger charge is -2.12. The first-order chi connectivity index (χ1) is 17.0. The molecular weight excluding hydrogens is 501 g/mol. The quantitative estimate of drug-likeness (QED) is 0.378. The van der Waals surface area contributed by atoms with Gasteiger partial charge in [-0.1, -0.05) is 11.6 Å². The standard InChI is InChI=1S/C24H18ClF3N4O4/c1-14-22(34)32(18-6-8-19(9-7-18)36-24(26,27)28)23(35)31(14)13-16-10-11-29-12-20(16)30-21(33)15-2-4-17(25)5-3-15/h2-12,34H,13H2,1H3,(H,30,33). The Morgan fingerprint density at radius 3 is 2.42 bits per heavy atom. The number of hydrogen-bond donors (Lipinski definition) is 2. The molecule has 2 N–H and O–H groups in total. The van der Waals surface area contributed by atoms with Crippen molar-refractivity contribution in [2.45, 2.75) is 19.8 Å². The minimum Gasteiger partial charge on any atom is -0.493 e. The number of aromatic hydroxyl groups is 1. The van der Waals surface area contributed by atoms with Crippen molar-refractivity contribution >= 4 is 23.2 Å². The third kappa shape index (κ3) is 5.36. The maximum absolute atomic E-state index is 13.2. The average Bonchev–Trinajstić information content (AvgIpc) is 3.03. The van der Waals surface area contributed by atoms with Crippen LogP contribution in [-0.4, -0.2) is 31.5 Å². The summed E-state index contributed by atoms with van der Waals surface area (Å²) in [6, 6.07) is 12.4. The molecule has 0 aliphatic rings. The molecule has 0 spiro atoms. The van der Waals surface area contributed by atoms with Gasteiger partial charge >= 0.3 is 12.1 Å². The van der Waals surface area contributed by atoms with Crippen LogP contribution in [0.15, 0.2) is 71.8 Å². The third-order valence-electron chi connectivity index (χ3n) is 5.29. The van der Waals surface area contributed by atoms with Crippen LogP contribution in [0.25, 0.3) is 5.69 Å². The lowest BCUT2D eigenvalue weighted by atomic mass is 10.2. The summed E-state index contributed by atoms with van der Waals surface area (Å²) in [6.45, 7) is 1.49. The molecule has 186 valence electrons. The van der Waals surface area contributed by atoms with Crippen LogP contribution in [-0.2, 0) is 6.54 Å². The highest BCUT2D eigenvalue weighted by atomic mass is 35.5. The first-order valence-corrected chi connectivity index (χ1v) is 10.8. The van der Waals surface area contributed by atoms with E-state index in [-0.39, 0.29) is 23.8 Å². The first kappa shape index (κ1) is 24.9. The number of benzene rings is 2. The molecule has 8 nitrogen and oxygen atoms in total. The fraction of sp³-hybridized carbons (Fsp3) is 0.125. The molecule has 0 aliphatic heterocycles. The summed E-state index contributed by atoms with van der Waals surface area (Å²) in [6.07, 6.45) is -1.94. The van der Waals surface area contributed by atoms with Gasteiger partial charge in [-0.05, 0) is 67.1 Å². The predicted octanol–water partition coefficient (Wildman–Crippen LogP) is 4.90. The van der Waals surface area contributed by atoms with Crippen molar-refractivity contribution < 1.29 is 27.8 Å². The van der Waals surface area contributed by atoms with Gasteiger partial charge in [-0.15, -0.1) is 13.2 Å². The molecule has 0 fully saturated rings. The van der Waals surface area contributed by atoms with Crippen molar-refractivity contribution in [1.29, 1.82) is 0 Å². The second kappa shape index (κ2) is 9.78. The highest BCUT2D eigenvalue weighted by molar-refractivity contribution is 6.30. The zero-order valence-corrected chi connectivity index (χ0v) is 19.3. The molecule has 0 aliphatic carbocycles. The number of nitrogens with zero attached hydrogens (tertiary/aromatic N) is 3. The van der Waals surface area contributed by atoms with Crippen LogP contribution in [0.4, 0.5) is 18.9 Å². The van der Waals surface area contributed by atoms with E-state index in [4.69, 9.17) is 11.6 Å². The van der Waals surface area contributed by atoms with Crippen molar-refractivity contribution in [3.8, 4) is 17.3 Å². The van der Waals surface area contributed by atoms with Crippen molar-refractivity contribution in [3.63, 3.8) is 0 Å². The molecule has 2 aromatic heterocycles. The van der Waals surface area contributed by atoms with Crippen molar-refractivity contribution in [2.24, 2.45) is 0 Å². The number of rotatable bonds is 6. The minimum absolute atomic E-state index is 0.0285. The molecule has 2 aromatic carbocycles. The number of alkyl halides is 3. The molecular formula is C24H18ClF3N4O4. The summed E-state index contributed by atoms with van der Waals surface area (Å²) in [5.41, 5.74) is 0.959. The van der Waals surface area contributed by atoms with Gasteiger partial charge in [0.2, 0.25) is 5.88 Å². The van der Waals surface area contributed by atoms with Crippen LogP contribution in [0.5, 0.6) is 11.6 Å². The number of carbonyl (C=O) groups is 1. The molecule has 36 heavy (non-hydrogen) atoms. The number of halogens is 4. The monoisotopic (exact) mass is 518 g/mol. The summed E-state index contributed by atoms with van der Waals surface area (Å²) in [7, 11) is 0. The number of hydrogen-bond acceptors (Lipinski definition) is 5. The zero-order chi connectivity index (χ0) is 26.0. The molecule has 4 aromatic rings. The second-order valence-electron chi connectivity index (χ2n) is 7.65. The minimum atomic E-state index is -4.86. The maximum Gasteiger partial charge on any atom is 0.573 e. The third-order valence-corrected chi connectivity index (χ3v) is 5.54. The molecule has 12 heteroatoms. The molecule has 0 saturated heterocycles. The molecule has 1 amide bonds. The Labute approximate surface area is 207 Å². The molecule has 0 atom stereocenters. The highest BCUT2D eigenvalue weighted by Gasteiger charge is 2.31. The summed E-state index contributed by atoms with van der Waals surface area (Å²) in [4.78, 5) is 29.8. The lowest BCUT2D eigenvalue weighted by Crippen LogP contribution is -2.25. The summed E-state index contributed by atoms with van der Waals surface area (Å²) in [5, 5.41) is 13.8. The zero-order valence-electron chi connectivity index (χ0n) is 18.6. The number of amides is 1. The largest absolute Gasteiger partial charge is 0.573 e. The SMILES string of the molecule is Cc1c(O)n(-c2ccc(OC(F)(F)F)cc2)c(=O)n1Cc1ccncc1NC(=O)c1ccc(Cl)cc1. The van der Waals surface area contributed by atoms with E-state index in [1.54, 1.807) is 30.3 Å². The van der Waals surface area contributed by atoms with Gasteiger partial charge in [-0.3, -0.25) is 14.3 Å². The average molecular weight is 519 g/mol.